The van der Waals surface area contributed by atoms with Gasteiger partial charge in [0.1, 0.15) is 0 Å². The van der Waals surface area contributed by atoms with E-state index in [1.54, 1.807) is 0 Å². The predicted molar refractivity (Wildman–Crippen MR) is 53.4 cm³/mol. The van der Waals surface area contributed by atoms with Crippen molar-refractivity contribution in [2.24, 2.45) is 5.92 Å². The van der Waals surface area contributed by atoms with Crippen molar-refractivity contribution in [3.63, 3.8) is 0 Å². The van der Waals surface area contributed by atoms with E-state index in [0.29, 0.717) is 5.92 Å². The van der Waals surface area contributed by atoms with E-state index in [0.717, 1.165) is 13.2 Å². The first kappa shape index (κ1) is 11.9. The lowest BCUT2D eigenvalue weighted by molar-refractivity contribution is 0.105. The molecule has 0 aliphatic carbocycles. The molecule has 0 aliphatic heterocycles. The van der Waals surface area contributed by atoms with Crippen molar-refractivity contribution in [1.29, 1.82) is 0 Å². The zero-order valence-corrected chi connectivity index (χ0v) is 8.97. The quantitative estimate of drug-likeness (QED) is 0.546. The maximum atomic E-state index is 5.46. The maximum Gasteiger partial charge on any atom is 0.0488 e. The van der Waals surface area contributed by atoms with E-state index in [1.165, 1.54) is 19.4 Å². The molecule has 0 saturated carbocycles. The third-order valence-electron chi connectivity index (χ3n) is 1.60. The van der Waals surface area contributed by atoms with Crippen molar-refractivity contribution in [1.82, 2.24) is 4.90 Å². The van der Waals surface area contributed by atoms with E-state index in [1.807, 2.05) is 0 Å². The smallest absolute Gasteiger partial charge is 0.0488 e. The summed E-state index contributed by atoms with van der Waals surface area (Å²) in [6, 6.07) is 0. The van der Waals surface area contributed by atoms with Crippen molar-refractivity contribution < 1.29 is 4.74 Å². The molecule has 0 heterocycles. The van der Waals surface area contributed by atoms with E-state index in [2.05, 4.69) is 32.8 Å². The Bertz CT molecular complexity index is 79.8. The standard InChI is InChI=1S/C10H23NO/c1-10(2)9-12-8-6-5-7-11(3)4/h10H,5-9H2,1-4H3. The molecule has 0 aromatic carbocycles. The van der Waals surface area contributed by atoms with Crippen molar-refractivity contribution in [3.05, 3.63) is 0 Å². The molecule has 0 bridgehead atoms. The Kier molecular flexibility index (Phi) is 7.51. The van der Waals surface area contributed by atoms with E-state index in [-0.39, 0.29) is 0 Å². The largest absolute Gasteiger partial charge is 0.381 e. The molecule has 2 heteroatoms. The lowest BCUT2D eigenvalue weighted by atomic mass is 10.2. The predicted octanol–water partition coefficient (Wildman–Crippen LogP) is 2.00. The van der Waals surface area contributed by atoms with Gasteiger partial charge in [0, 0.05) is 13.2 Å². The van der Waals surface area contributed by atoms with Crippen LogP contribution >= 0.6 is 0 Å². The van der Waals surface area contributed by atoms with Crippen LogP contribution in [0.25, 0.3) is 0 Å². The van der Waals surface area contributed by atoms with Crippen LogP contribution in [0.3, 0.4) is 0 Å². The van der Waals surface area contributed by atoms with Gasteiger partial charge in [0.2, 0.25) is 0 Å². The van der Waals surface area contributed by atoms with Crippen molar-refractivity contribution in [2.75, 3.05) is 33.9 Å². The third-order valence-corrected chi connectivity index (χ3v) is 1.60. The third kappa shape index (κ3) is 9.92. The number of hydrogen-bond donors (Lipinski definition) is 0. The van der Waals surface area contributed by atoms with Crippen LogP contribution in [-0.2, 0) is 4.74 Å². The van der Waals surface area contributed by atoms with Gasteiger partial charge in [-0.2, -0.15) is 0 Å². The molecule has 0 rings (SSSR count). The normalized spacial score (nSPS) is 11.5. The van der Waals surface area contributed by atoms with Gasteiger partial charge < -0.3 is 9.64 Å². The van der Waals surface area contributed by atoms with E-state index in [4.69, 9.17) is 4.74 Å². The topological polar surface area (TPSA) is 12.5 Å². The van der Waals surface area contributed by atoms with Crippen molar-refractivity contribution in [2.45, 2.75) is 26.7 Å². The van der Waals surface area contributed by atoms with Crippen LogP contribution in [0.2, 0.25) is 0 Å². The molecule has 0 amide bonds. The zero-order valence-electron chi connectivity index (χ0n) is 8.97. The van der Waals surface area contributed by atoms with Crippen molar-refractivity contribution >= 4 is 0 Å². The Morgan fingerprint density at radius 2 is 1.83 bits per heavy atom. The molecule has 0 atom stereocenters. The van der Waals surface area contributed by atoms with Gasteiger partial charge in [0.15, 0.2) is 0 Å². The number of rotatable bonds is 7. The summed E-state index contributed by atoms with van der Waals surface area (Å²) in [6.45, 7) is 7.36. The summed E-state index contributed by atoms with van der Waals surface area (Å²) in [4.78, 5) is 2.21. The van der Waals surface area contributed by atoms with Gasteiger partial charge in [-0.15, -0.1) is 0 Å². The Morgan fingerprint density at radius 3 is 2.33 bits per heavy atom. The Labute approximate surface area is 76.9 Å². The average Bonchev–Trinajstić information content (AvgIpc) is 1.95. The molecule has 0 spiro atoms. The van der Waals surface area contributed by atoms with E-state index < -0.39 is 0 Å². The number of nitrogens with zero attached hydrogens (tertiary/aromatic N) is 1. The van der Waals surface area contributed by atoms with Gasteiger partial charge in [0.05, 0.1) is 0 Å². The van der Waals surface area contributed by atoms with Crippen LogP contribution in [0, 0.1) is 5.92 Å². The molecular weight excluding hydrogens is 150 g/mol. The Balaban J connectivity index is 2.91. The molecule has 0 aliphatic rings. The second kappa shape index (κ2) is 7.56. The lowest BCUT2D eigenvalue weighted by Gasteiger charge is -2.09. The summed E-state index contributed by atoms with van der Waals surface area (Å²) in [5, 5.41) is 0. The molecule has 74 valence electrons. The molecule has 0 saturated heterocycles. The highest BCUT2D eigenvalue weighted by atomic mass is 16.5. The van der Waals surface area contributed by atoms with Crippen LogP contribution < -0.4 is 0 Å². The van der Waals surface area contributed by atoms with Gasteiger partial charge in [-0.25, -0.2) is 0 Å². The van der Waals surface area contributed by atoms with Gasteiger partial charge in [-0.05, 0) is 39.4 Å². The second-order valence-electron chi connectivity index (χ2n) is 3.98. The molecular formula is C10H23NO. The summed E-state index contributed by atoms with van der Waals surface area (Å²) in [7, 11) is 4.21. The minimum absolute atomic E-state index is 0.666. The minimum Gasteiger partial charge on any atom is -0.381 e. The number of hydrogen-bond acceptors (Lipinski definition) is 2. The van der Waals surface area contributed by atoms with Gasteiger partial charge >= 0.3 is 0 Å². The van der Waals surface area contributed by atoms with Crippen molar-refractivity contribution in [3.8, 4) is 0 Å². The summed E-state index contributed by atoms with van der Waals surface area (Å²) in [6.07, 6.45) is 2.43. The highest BCUT2D eigenvalue weighted by Crippen LogP contribution is 1.96. The molecule has 0 fully saturated rings. The zero-order chi connectivity index (χ0) is 9.40. The van der Waals surface area contributed by atoms with Crippen LogP contribution in [0.4, 0.5) is 0 Å². The minimum atomic E-state index is 0.666. The van der Waals surface area contributed by atoms with Gasteiger partial charge in [-0.1, -0.05) is 13.8 Å². The highest BCUT2D eigenvalue weighted by Gasteiger charge is 1.94. The first-order chi connectivity index (χ1) is 5.63. The van der Waals surface area contributed by atoms with Crippen LogP contribution in [0.5, 0.6) is 0 Å². The molecule has 2 nitrogen and oxygen atoms in total. The summed E-state index contributed by atoms with van der Waals surface area (Å²) in [5.74, 6) is 0.666. The first-order valence-corrected chi connectivity index (χ1v) is 4.85. The lowest BCUT2D eigenvalue weighted by Crippen LogP contribution is -2.13. The monoisotopic (exact) mass is 173 g/mol. The number of ether oxygens (including phenoxy) is 1. The van der Waals surface area contributed by atoms with Gasteiger partial charge in [0.25, 0.3) is 0 Å². The highest BCUT2D eigenvalue weighted by molar-refractivity contribution is 4.45. The number of unbranched alkanes of at least 4 members (excludes halogenated alkanes) is 1. The van der Waals surface area contributed by atoms with Gasteiger partial charge in [-0.3, -0.25) is 0 Å². The second-order valence-corrected chi connectivity index (χ2v) is 3.98. The fraction of sp³-hybridized carbons (Fsp3) is 1.00. The van der Waals surface area contributed by atoms with Crippen LogP contribution in [0.15, 0.2) is 0 Å². The fourth-order valence-electron chi connectivity index (χ4n) is 0.951. The Morgan fingerprint density at radius 1 is 1.17 bits per heavy atom. The molecule has 0 unspecified atom stereocenters. The molecule has 0 N–H and O–H groups in total. The Hall–Kier alpha value is -0.0800. The summed E-state index contributed by atoms with van der Waals surface area (Å²) < 4.78 is 5.46. The van der Waals surface area contributed by atoms with E-state index >= 15 is 0 Å². The SMILES string of the molecule is CC(C)COCCCCN(C)C. The van der Waals surface area contributed by atoms with Crippen LogP contribution in [-0.4, -0.2) is 38.8 Å². The first-order valence-electron chi connectivity index (χ1n) is 4.85. The molecule has 0 aromatic heterocycles. The van der Waals surface area contributed by atoms with E-state index in [9.17, 15) is 0 Å². The summed E-state index contributed by atoms with van der Waals surface area (Å²) >= 11 is 0. The summed E-state index contributed by atoms with van der Waals surface area (Å²) in [5.41, 5.74) is 0. The maximum absolute atomic E-state index is 5.46. The molecule has 0 radical (unpaired) electrons. The fourth-order valence-corrected chi connectivity index (χ4v) is 0.951. The molecule has 12 heavy (non-hydrogen) atoms. The molecule has 0 aromatic rings. The average molecular weight is 173 g/mol. The van der Waals surface area contributed by atoms with Crippen LogP contribution in [0.1, 0.15) is 26.7 Å².